The molecule has 4 rings (SSSR count). The first-order valence-electron chi connectivity index (χ1n) is 11.5. The van der Waals surface area contributed by atoms with Gasteiger partial charge >= 0.3 is 5.97 Å². The van der Waals surface area contributed by atoms with Crippen molar-refractivity contribution in [2.45, 2.75) is 58.9 Å². The molecule has 0 spiro atoms. The van der Waals surface area contributed by atoms with E-state index in [2.05, 4.69) is 38.1 Å². The molecule has 1 aliphatic heterocycles. The smallest absolute Gasteiger partial charge is 0.338 e. The quantitative estimate of drug-likeness (QED) is 0.306. The largest absolute Gasteiger partial charge is 0.464 e. The predicted octanol–water partition coefficient (Wildman–Crippen LogP) is 1.32. The normalized spacial score (nSPS) is 17.3. The number of thiazole rings is 1. The molecule has 190 valence electrons. The van der Waals surface area contributed by atoms with Crippen molar-refractivity contribution in [2.75, 3.05) is 6.61 Å². The molecular weight excluding hydrogens is 484 g/mol. The van der Waals surface area contributed by atoms with Crippen LogP contribution in [0.3, 0.4) is 0 Å². The Balaban J connectivity index is 1.40. The van der Waals surface area contributed by atoms with E-state index in [0.29, 0.717) is 11.4 Å². The molecule has 3 atom stereocenters. The number of amides is 2. The molecule has 36 heavy (non-hydrogen) atoms. The molecule has 2 amide bonds. The maximum atomic E-state index is 13.0. The van der Waals surface area contributed by atoms with Crippen molar-refractivity contribution >= 4 is 29.1 Å². The number of ether oxygens (including phenoxy) is 2. The molecule has 1 saturated heterocycles. The third-order valence-electron chi connectivity index (χ3n) is 5.65. The molecule has 3 aromatic rings. The summed E-state index contributed by atoms with van der Waals surface area (Å²) in [5.41, 5.74) is 7.13. The molecule has 0 radical (unpaired) electrons. The van der Waals surface area contributed by atoms with E-state index in [4.69, 9.17) is 9.47 Å². The van der Waals surface area contributed by atoms with E-state index in [1.807, 2.05) is 20.8 Å². The first kappa shape index (κ1) is 25.5. The predicted molar refractivity (Wildman–Crippen MR) is 130 cm³/mol. The van der Waals surface area contributed by atoms with Gasteiger partial charge in [-0.15, -0.1) is 16.4 Å². The molecule has 2 aromatic heterocycles. The topological polar surface area (TPSA) is 141 Å². The maximum absolute atomic E-state index is 13.0. The van der Waals surface area contributed by atoms with Crippen LogP contribution in [0.1, 0.15) is 35.0 Å². The van der Waals surface area contributed by atoms with Crippen LogP contribution in [0.25, 0.3) is 5.69 Å². The number of nitrogens with zero attached hydrogens (tertiary/aromatic N) is 4. The molecule has 3 heterocycles. The van der Waals surface area contributed by atoms with Crippen molar-refractivity contribution in [1.82, 2.24) is 30.6 Å². The van der Waals surface area contributed by atoms with E-state index >= 15 is 0 Å². The monoisotopic (exact) mass is 512 g/mol. The molecule has 1 aromatic carbocycles. The van der Waals surface area contributed by atoms with Crippen LogP contribution in [0.2, 0.25) is 0 Å². The lowest BCUT2D eigenvalue weighted by molar-refractivity contribution is -0.144. The van der Waals surface area contributed by atoms with Crippen LogP contribution in [0.4, 0.5) is 0 Å². The third kappa shape index (κ3) is 5.94. The fourth-order valence-electron chi connectivity index (χ4n) is 4.05. The molecular formula is C24H28N6O5S. The minimum Gasteiger partial charge on any atom is -0.464 e. The zero-order valence-electron chi connectivity index (χ0n) is 20.5. The summed E-state index contributed by atoms with van der Waals surface area (Å²) in [6, 6.07) is 3.24. The Morgan fingerprint density at radius 2 is 1.92 bits per heavy atom. The van der Waals surface area contributed by atoms with Gasteiger partial charge in [0, 0.05) is 11.8 Å². The lowest BCUT2D eigenvalue weighted by Gasteiger charge is -2.17. The Morgan fingerprint density at radius 3 is 2.58 bits per heavy atom. The highest BCUT2D eigenvalue weighted by Crippen LogP contribution is 2.24. The van der Waals surface area contributed by atoms with Gasteiger partial charge in [-0.1, -0.05) is 22.9 Å². The average Bonchev–Trinajstić information content (AvgIpc) is 3.21. The summed E-state index contributed by atoms with van der Waals surface area (Å²) in [6.07, 6.45) is 0.0279. The Bertz CT molecular complexity index is 1230. The molecule has 0 unspecified atom stereocenters. The van der Waals surface area contributed by atoms with Gasteiger partial charge in [-0.05, 0) is 38.8 Å². The number of rotatable bonds is 10. The third-order valence-corrected chi connectivity index (χ3v) is 6.28. The highest BCUT2D eigenvalue weighted by molar-refractivity contribution is 7.07. The minimum atomic E-state index is -0.976. The SMILES string of the molecule is CCOC(=O)[C@H]1O[C@@H]1C(=O)N[C@@H](Cc1cscn1)C(=O)NCc1cn(-c2c(C)cc(C)cc2C)nn1. The van der Waals surface area contributed by atoms with Crippen molar-refractivity contribution in [3.05, 3.63) is 57.3 Å². The van der Waals surface area contributed by atoms with Gasteiger partial charge in [0.2, 0.25) is 5.91 Å². The molecule has 0 saturated carbocycles. The number of epoxide rings is 1. The van der Waals surface area contributed by atoms with E-state index in [9.17, 15) is 14.4 Å². The molecule has 1 fully saturated rings. The summed E-state index contributed by atoms with van der Waals surface area (Å²) in [5, 5.41) is 15.7. The van der Waals surface area contributed by atoms with Crippen molar-refractivity contribution in [2.24, 2.45) is 0 Å². The van der Waals surface area contributed by atoms with Gasteiger partial charge in [-0.25, -0.2) is 14.5 Å². The fourth-order valence-corrected chi connectivity index (χ4v) is 4.62. The number of benzene rings is 1. The first-order valence-corrected chi connectivity index (χ1v) is 12.5. The summed E-state index contributed by atoms with van der Waals surface area (Å²) < 4.78 is 11.7. The Hall–Kier alpha value is -3.64. The van der Waals surface area contributed by atoms with Crippen LogP contribution in [-0.2, 0) is 36.8 Å². The molecule has 12 heteroatoms. The number of aromatic nitrogens is 4. The summed E-state index contributed by atoms with van der Waals surface area (Å²) in [4.78, 5) is 41.6. The van der Waals surface area contributed by atoms with E-state index in [1.165, 1.54) is 16.9 Å². The van der Waals surface area contributed by atoms with Gasteiger partial charge in [-0.3, -0.25) is 9.59 Å². The summed E-state index contributed by atoms with van der Waals surface area (Å²) in [6.45, 7) is 8.05. The zero-order valence-corrected chi connectivity index (χ0v) is 21.3. The van der Waals surface area contributed by atoms with Crippen LogP contribution in [0.15, 0.2) is 29.2 Å². The standard InChI is InChI=1S/C24H28N6O5S/c1-5-34-24(33)21-20(35-21)23(32)27-18(8-16-11-36-12-26-16)22(31)25-9-17-10-30(29-28-17)19-14(3)6-13(2)7-15(19)4/h6-7,10-12,18,20-21H,5,8-9H2,1-4H3,(H,25,31)(H,27,32)/t18-,20-,21-/m0/s1. The number of nitrogens with one attached hydrogen (secondary N) is 2. The van der Waals surface area contributed by atoms with Gasteiger partial charge in [0.25, 0.3) is 5.91 Å². The summed E-state index contributed by atoms with van der Waals surface area (Å²) >= 11 is 1.39. The minimum absolute atomic E-state index is 0.123. The van der Waals surface area contributed by atoms with Crippen LogP contribution < -0.4 is 10.6 Å². The molecule has 0 bridgehead atoms. The number of carbonyl (C=O) groups is 3. The lowest BCUT2D eigenvalue weighted by Crippen LogP contribution is -2.49. The maximum Gasteiger partial charge on any atom is 0.338 e. The van der Waals surface area contributed by atoms with Crippen molar-refractivity contribution < 1.29 is 23.9 Å². The molecule has 2 N–H and O–H groups in total. The van der Waals surface area contributed by atoms with E-state index < -0.39 is 36.0 Å². The molecule has 1 aliphatic rings. The number of hydrogen-bond donors (Lipinski definition) is 2. The van der Waals surface area contributed by atoms with Crippen molar-refractivity contribution in [3.63, 3.8) is 0 Å². The second kappa shape index (κ2) is 11.0. The van der Waals surface area contributed by atoms with Crippen molar-refractivity contribution in [3.8, 4) is 5.69 Å². The van der Waals surface area contributed by atoms with E-state index in [0.717, 1.165) is 16.8 Å². The highest BCUT2D eigenvalue weighted by Gasteiger charge is 2.52. The van der Waals surface area contributed by atoms with Gasteiger partial charge in [0.05, 0.1) is 36.2 Å². The number of aryl methyl sites for hydroxylation is 3. The molecule has 0 aliphatic carbocycles. The van der Waals surface area contributed by atoms with Crippen LogP contribution in [0, 0.1) is 20.8 Å². The van der Waals surface area contributed by atoms with Crippen LogP contribution >= 0.6 is 11.3 Å². The van der Waals surface area contributed by atoms with E-state index in [-0.39, 0.29) is 19.6 Å². The summed E-state index contributed by atoms with van der Waals surface area (Å²) in [7, 11) is 0. The van der Waals surface area contributed by atoms with Gasteiger partial charge in [0.1, 0.15) is 11.7 Å². The van der Waals surface area contributed by atoms with E-state index in [1.54, 1.807) is 28.7 Å². The Kier molecular flexibility index (Phi) is 7.75. The Morgan fingerprint density at radius 1 is 1.17 bits per heavy atom. The van der Waals surface area contributed by atoms with Gasteiger partial charge in [0.15, 0.2) is 12.2 Å². The second-order valence-corrected chi connectivity index (χ2v) is 9.31. The Labute approximate surface area is 212 Å². The van der Waals surface area contributed by atoms with Crippen LogP contribution in [-0.4, -0.2) is 62.6 Å². The average molecular weight is 513 g/mol. The second-order valence-electron chi connectivity index (χ2n) is 8.59. The van der Waals surface area contributed by atoms with Gasteiger partial charge < -0.3 is 20.1 Å². The van der Waals surface area contributed by atoms with Crippen LogP contribution in [0.5, 0.6) is 0 Å². The van der Waals surface area contributed by atoms with Gasteiger partial charge in [-0.2, -0.15) is 0 Å². The number of carbonyl (C=O) groups excluding carboxylic acids is 3. The fraction of sp³-hybridized carbons (Fsp3) is 0.417. The molecule has 11 nitrogen and oxygen atoms in total. The first-order chi connectivity index (χ1) is 17.3. The lowest BCUT2D eigenvalue weighted by atomic mass is 10.1. The summed E-state index contributed by atoms with van der Waals surface area (Å²) in [5.74, 6) is -1.57. The number of hydrogen-bond acceptors (Lipinski definition) is 9. The van der Waals surface area contributed by atoms with Crippen molar-refractivity contribution in [1.29, 1.82) is 0 Å². The zero-order chi connectivity index (χ0) is 25.8. The number of esters is 1. The highest BCUT2D eigenvalue weighted by atomic mass is 32.1.